The standard InChI is InChI=1S/C26H26N2O7/c1-4-12-34-18-9-6-16(7-10-18)24(30)22-23(17-8-11-19(29)20(14-17)33-5-2)28(26(32)25(22)31)21-13-15(3)35-27-21/h6-11,13-14,23,29-30H,4-5,12H2,1-3H3/t23-/m0/s1. The van der Waals surface area contributed by atoms with Crippen LogP contribution in [0.15, 0.2) is 58.6 Å². The van der Waals surface area contributed by atoms with Crippen LogP contribution in [0, 0.1) is 6.92 Å². The second-order valence-electron chi connectivity index (χ2n) is 8.00. The maximum atomic E-state index is 13.2. The number of anilines is 1. The number of aliphatic hydroxyl groups is 1. The van der Waals surface area contributed by atoms with Gasteiger partial charge in [0.25, 0.3) is 5.78 Å². The Hall–Kier alpha value is -4.27. The summed E-state index contributed by atoms with van der Waals surface area (Å²) < 4.78 is 16.2. The lowest BCUT2D eigenvalue weighted by Gasteiger charge is -2.23. The number of phenolic OH excluding ortho intramolecular Hbond substituents is 1. The van der Waals surface area contributed by atoms with E-state index in [1.54, 1.807) is 44.2 Å². The summed E-state index contributed by atoms with van der Waals surface area (Å²) in [5, 5.41) is 25.3. The van der Waals surface area contributed by atoms with Crippen LogP contribution in [0.2, 0.25) is 0 Å². The van der Waals surface area contributed by atoms with Crippen LogP contribution in [-0.4, -0.2) is 40.3 Å². The molecule has 2 aromatic carbocycles. The van der Waals surface area contributed by atoms with Crippen molar-refractivity contribution in [2.24, 2.45) is 0 Å². The molecular weight excluding hydrogens is 452 g/mol. The van der Waals surface area contributed by atoms with Crippen molar-refractivity contribution in [1.82, 2.24) is 5.16 Å². The van der Waals surface area contributed by atoms with Crippen LogP contribution in [0.1, 0.15) is 43.2 Å². The first-order chi connectivity index (χ1) is 16.8. The van der Waals surface area contributed by atoms with Crippen LogP contribution in [0.4, 0.5) is 5.82 Å². The molecule has 1 amide bonds. The van der Waals surface area contributed by atoms with Crippen molar-refractivity contribution in [2.75, 3.05) is 18.1 Å². The largest absolute Gasteiger partial charge is 0.507 e. The molecule has 0 radical (unpaired) electrons. The van der Waals surface area contributed by atoms with Crippen molar-refractivity contribution in [1.29, 1.82) is 0 Å². The summed E-state index contributed by atoms with van der Waals surface area (Å²) >= 11 is 0. The lowest BCUT2D eigenvalue weighted by Crippen LogP contribution is -2.29. The van der Waals surface area contributed by atoms with Gasteiger partial charge in [0.2, 0.25) is 0 Å². The van der Waals surface area contributed by atoms with E-state index < -0.39 is 17.7 Å². The summed E-state index contributed by atoms with van der Waals surface area (Å²) in [5.41, 5.74) is 0.665. The number of ether oxygens (including phenoxy) is 2. The van der Waals surface area contributed by atoms with Gasteiger partial charge in [0.15, 0.2) is 17.3 Å². The number of aromatic nitrogens is 1. The van der Waals surface area contributed by atoms with Gasteiger partial charge in [0.05, 0.1) is 24.8 Å². The molecule has 0 spiro atoms. The number of carbonyl (C=O) groups is 2. The third-order valence-corrected chi connectivity index (χ3v) is 5.51. The van der Waals surface area contributed by atoms with Crippen LogP contribution >= 0.6 is 0 Å². The summed E-state index contributed by atoms with van der Waals surface area (Å²) in [6.07, 6.45) is 0.850. The Balaban J connectivity index is 1.86. The summed E-state index contributed by atoms with van der Waals surface area (Å²) in [6.45, 7) is 6.28. The molecule has 182 valence electrons. The first-order valence-corrected chi connectivity index (χ1v) is 11.3. The molecule has 1 aliphatic rings. The minimum Gasteiger partial charge on any atom is -0.507 e. The molecule has 1 aliphatic heterocycles. The Morgan fingerprint density at radius 2 is 1.83 bits per heavy atom. The highest BCUT2D eigenvalue weighted by atomic mass is 16.5. The molecule has 1 fully saturated rings. The van der Waals surface area contributed by atoms with Gasteiger partial charge in [0.1, 0.15) is 17.3 Å². The van der Waals surface area contributed by atoms with Crippen LogP contribution in [0.25, 0.3) is 5.76 Å². The van der Waals surface area contributed by atoms with Crippen LogP contribution in [-0.2, 0) is 9.59 Å². The fourth-order valence-corrected chi connectivity index (χ4v) is 3.91. The Kier molecular flexibility index (Phi) is 6.77. The predicted octanol–water partition coefficient (Wildman–Crippen LogP) is 4.50. The van der Waals surface area contributed by atoms with Crippen molar-refractivity contribution in [3.8, 4) is 17.2 Å². The second kappa shape index (κ2) is 9.92. The molecule has 9 nitrogen and oxygen atoms in total. The number of nitrogens with zero attached hydrogens (tertiary/aromatic N) is 2. The van der Waals surface area contributed by atoms with E-state index in [1.165, 1.54) is 23.1 Å². The third-order valence-electron chi connectivity index (χ3n) is 5.51. The number of benzene rings is 2. The Bertz CT molecular complexity index is 1280. The molecule has 0 unspecified atom stereocenters. The van der Waals surface area contributed by atoms with Gasteiger partial charge in [-0.15, -0.1) is 0 Å². The van der Waals surface area contributed by atoms with Crippen molar-refractivity contribution < 1.29 is 33.8 Å². The molecule has 3 aromatic rings. The van der Waals surface area contributed by atoms with Crippen LogP contribution in [0.5, 0.6) is 17.2 Å². The maximum Gasteiger partial charge on any atom is 0.301 e. The Morgan fingerprint density at radius 3 is 2.46 bits per heavy atom. The third kappa shape index (κ3) is 4.57. The minimum atomic E-state index is -1.03. The quantitative estimate of drug-likeness (QED) is 0.276. The fourth-order valence-electron chi connectivity index (χ4n) is 3.91. The average molecular weight is 479 g/mol. The highest BCUT2D eigenvalue weighted by molar-refractivity contribution is 6.51. The molecule has 4 rings (SSSR count). The summed E-state index contributed by atoms with van der Waals surface area (Å²) in [6, 6.07) is 11.6. The number of aromatic hydroxyl groups is 1. The fraction of sp³-hybridized carbons (Fsp3) is 0.269. The molecule has 1 saturated heterocycles. The first kappa shape index (κ1) is 23.9. The van der Waals surface area contributed by atoms with Crippen molar-refractivity contribution in [2.45, 2.75) is 33.2 Å². The molecule has 0 aliphatic carbocycles. The van der Waals surface area contributed by atoms with E-state index in [9.17, 15) is 19.8 Å². The van der Waals surface area contributed by atoms with Crippen LogP contribution in [0.3, 0.4) is 0 Å². The zero-order valence-electron chi connectivity index (χ0n) is 19.6. The van der Waals surface area contributed by atoms with E-state index in [1.807, 2.05) is 6.92 Å². The van der Waals surface area contributed by atoms with Gasteiger partial charge in [-0.25, -0.2) is 0 Å². The lowest BCUT2D eigenvalue weighted by atomic mass is 9.95. The van der Waals surface area contributed by atoms with E-state index in [4.69, 9.17) is 14.0 Å². The number of hydrogen-bond acceptors (Lipinski definition) is 8. The SMILES string of the molecule is CCCOc1ccc(C(O)=C2C(=O)C(=O)N(c3cc(C)on3)[C@H]2c2ccc(O)c(OCC)c2)cc1. The van der Waals surface area contributed by atoms with Gasteiger partial charge in [-0.05, 0) is 62.2 Å². The van der Waals surface area contributed by atoms with E-state index >= 15 is 0 Å². The van der Waals surface area contributed by atoms with E-state index in [0.29, 0.717) is 35.9 Å². The number of hydrogen-bond donors (Lipinski definition) is 2. The van der Waals surface area contributed by atoms with Gasteiger partial charge >= 0.3 is 5.91 Å². The van der Waals surface area contributed by atoms with Crippen molar-refractivity contribution in [3.63, 3.8) is 0 Å². The number of phenols is 1. The van der Waals surface area contributed by atoms with Gasteiger partial charge in [-0.2, -0.15) is 0 Å². The molecule has 2 N–H and O–H groups in total. The monoisotopic (exact) mass is 478 g/mol. The molecule has 0 saturated carbocycles. The highest BCUT2D eigenvalue weighted by Crippen LogP contribution is 2.43. The number of Topliss-reactive ketones (excluding diaryl/α,β-unsaturated/α-hetero) is 1. The summed E-state index contributed by atoms with van der Waals surface area (Å²) in [4.78, 5) is 27.5. The lowest BCUT2D eigenvalue weighted by molar-refractivity contribution is -0.132. The molecule has 1 aromatic heterocycles. The zero-order chi connectivity index (χ0) is 25.1. The van der Waals surface area contributed by atoms with Crippen LogP contribution < -0.4 is 14.4 Å². The predicted molar refractivity (Wildman–Crippen MR) is 128 cm³/mol. The normalized spacial score (nSPS) is 17.1. The van der Waals surface area contributed by atoms with Gasteiger partial charge in [-0.3, -0.25) is 14.5 Å². The van der Waals surface area contributed by atoms with Gasteiger partial charge < -0.3 is 24.2 Å². The number of aryl methyl sites for hydroxylation is 1. The molecule has 0 bridgehead atoms. The number of amides is 1. The highest BCUT2D eigenvalue weighted by Gasteiger charge is 2.48. The van der Waals surface area contributed by atoms with E-state index in [-0.39, 0.29) is 28.6 Å². The zero-order valence-corrected chi connectivity index (χ0v) is 19.6. The van der Waals surface area contributed by atoms with Crippen molar-refractivity contribution in [3.05, 3.63) is 71.0 Å². The smallest absolute Gasteiger partial charge is 0.301 e. The summed E-state index contributed by atoms with van der Waals surface area (Å²) in [5.74, 6) is -0.782. The molecule has 1 atom stereocenters. The Labute approximate surface area is 202 Å². The maximum absolute atomic E-state index is 13.2. The number of aliphatic hydroxyl groups excluding tert-OH is 1. The molecule has 35 heavy (non-hydrogen) atoms. The number of ketones is 1. The van der Waals surface area contributed by atoms with E-state index in [2.05, 4.69) is 5.16 Å². The van der Waals surface area contributed by atoms with Gasteiger partial charge in [-0.1, -0.05) is 18.1 Å². The number of carbonyl (C=O) groups excluding carboxylic acids is 2. The summed E-state index contributed by atoms with van der Waals surface area (Å²) in [7, 11) is 0. The van der Waals surface area contributed by atoms with Gasteiger partial charge in [0, 0.05) is 11.6 Å². The van der Waals surface area contributed by atoms with Crippen molar-refractivity contribution >= 4 is 23.3 Å². The minimum absolute atomic E-state index is 0.0903. The van der Waals surface area contributed by atoms with E-state index in [0.717, 1.165) is 6.42 Å². The number of rotatable bonds is 8. The topological polar surface area (TPSA) is 122 Å². The molecule has 2 heterocycles. The molecule has 9 heteroatoms. The Morgan fingerprint density at radius 1 is 1.09 bits per heavy atom. The second-order valence-corrected chi connectivity index (χ2v) is 8.00. The first-order valence-electron chi connectivity index (χ1n) is 11.3. The average Bonchev–Trinajstić information content (AvgIpc) is 3.39. The molecular formula is C26H26N2O7.